The van der Waals surface area contributed by atoms with Gasteiger partial charge in [-0.3, -0.25) is 4.98 Å². The van der Waals surface area contributed by atoms with E-state index < -0.39 is 0 Å². The van der Waals surface area contributed by atoms with Gasteiger partial charge < -0.3 is 9.52 Å². The van der Waals surface area contributed by atoms with E-state index in [2.05, 4.69) is 30.9 Å². The fraction of sp³-hybridized carbons (Fsp3) is 0. The summed E-state index contributed by atoms with van der Waals surface area (Å²) in [6.07, 6.45) is 1.67. The lowest BCUT2D eigenvalue weighted by atomic mass is 10.3. The molecule has 5 nitrogen and oxygen atoms in total. The Labute approximate surface area is 104 Å². The van der Waals surface area contributed by atoms with E-state index in [0.29, 0.717) is 21.7 Å². The zero-order valence-corrected chi connectivity index (χ0v) is 10.0. The van der Waals surface area contributed by atoms with Crippen LogP contribution in [0.25, 0.3) is 22.6 Å². The molecule has 0 aliphatic heterocycles. The molecule has 0 spiro atoms. The predicted octanol–water partition coefficient (Wildman–Crippen LogP) is 2.75. The van der Waals surface area contributed by atoms with E-state index in [9.17, 15) is 5.11 Å². The summed E-state index contributed by atoms with van der Waals surface area (Å²) in [5, 5.41) is 9.62. The van der Waals surface area contributed by atoms with E-state index in [1.165, 1.54) is 0 Å². The molecule has 0 saturated heterocycles. The van der Waals surface area contributed by atoms with Crippen molar-refractivity contribution >= 4 is 27.0 Å². The second kappa shape index (κ2) is 3.81. The lowest BCUT2D eigenvalue weighted by molar-refractivity contribution is 0.443. The molecule has 1 N–H and O–H groups in total. The van der Waals surface area contributed by atoms with Crippen LogP contribution in [0.2, 0.25) is 0 Å². The average Bonchev–Trinajstić information content (AvgIpc) is 2.74. The number of hydrogen-bond donors (Lipinski definition) is 1. The zero-order chi connectivity index (χ0) is 11.8. The number of aromatic nitrogens is 3. The number of halogens is 1. The number of rotatable bonds is 1. The van der Waals surface area contributed by atoms with Crippen molar-refractivity contribution in [3.8, 4) is 17.3 Å². The first-order chi connectivity index (χ1) is 8.24. The monoisotopic (exact) mass is 291 g/mol. The van der Waals surface area contributed by atoms with Gasteiger partial charge in [-0.05, 0) is 28.1 Å². The van der Waals surface area contributed by atoms with Gasteiger partial charge in [0, 0.05) is 12.3 Å². The van der Waals surface area contributed by atoms with E-state index in [1.807, 2.05) is 18.2 Å². The summed E-state index contributed by atoms with van der Waals surface area (Å²) in [5.74, 6) is 0.354. The molecule has 3 aromatic heterocycles. The van der Waals surface area contributed by atoms with Crippen molar-refractivity contribution in [3.05, 3.63) is 35.2 Å². The van der Waals surface area contributed by atoms with Crippen LogP contribution >= 0.6 is 15.9 Å². The highest BCUT2D eigenvalue weighted by Gasteiger charge is 2.13. The van der Waals surface area contributed by atoms with Crippen molar-refractivity contribution in [2.45, 2.75) is 0 Å². The third-order valence-electron chi connectivity index (χ3n) is 2.24. The van der Waals surface area contributed by atoms with Gasteiger partial charge in [0.05, 0.1) is 0 Å². The molecule has 17 heavy (non-hydrogen) atoms. The zero-order valence-electron chi connectivity index (χ0n) is 8.46. The molecule has 0 fully saturated rings. The summed E-state index contributed by atoms with van der Waals surface area (Å²) in [6, 6.07) is 7.21. The Balaban J connectivity index is 2.24. The Hall–Kier alpha value is -1.95. The first kappa shape index (κ1) is 10.2. The van der Waals surface area contributed by atoms with Gasteiger partial charge in [0.2, 0.25) is 10.3 Å². The van der Waals surface area contributed by atoms with E-state index >= 15 is 0 Å². The third kappa shape index (κ3) is 1.76. The van der Waals surface area contributed by atoms with Crippen molar-refractivity contribution in [2.24, 2.45) is 0 Å². The molecule has 6 heteroatoms. The van der Waals surface area contributed by atoms with Crippen molar-refractivity contribution < 1.29 is 9.52 Å². The van der Waals surface area contributed by atoms with Crippen LogP contribution in [0.5, 0.6) is 5.88 Å². The predicted molar refractivity (Wildman–Crippen MR) is 64.4 cm³/mol. The highest BCUT2D eigenvalue weighted by molar-refractivity contribution is 9.10. The smallest absolute Gasteiger partial charge is 0.260 e. The standard InChI is InChI=1S/C11H6BrN3O2/c12-11-14-7-5-8(6-3-1-2-4-13-6)17-9(7)10(16)15-11/h1-5H,(H,14,15,16). The van der Waals surface area contributed by atoms with E-state index in [1.54, 1.807) is 12.3 Å². The van der Waals surface area contributed by atoms with Gasteiger partial charge in [0.25, 0.3) is 5.88 Å². The summed E-state index contributed by atoms with van der Waals surface area (Å²) in [6.45, 7) is 0. The second-order valence-corrected chi connectivity index (χ2v) is 4.07. The first-order valence-corrected chi connectivity index (χ1v) is 5.61. The number of nitrogens with zero attached hydrogens (tertiary/aromatic N) is 3. The van der Waals surface area contributed by atoms with Crippen LogP contribution in [0.1, 0.15) is 0 Å². The minimum Gasteiger partial charge on any atom is -0.491 e. The summed E-state index contributed by atoms with van der Waals surface area (Å²) in [4.78, 5) is 12.0. The van der Waals surface area contributed by atoms with Crippen LogP contribution in [-0.4, -0.2) is 20.1 Å². The maximum absolute atomic E-state index is 9.62. The maximum atomic E-state index is 9.62. The number of furan rings is 1. The molecule has 0 amide bonds. The van der Waals surface area contributed by atoms with E-state index in [-0.39, 0.29) is 11.5 Å². The minimum atomic E-state index is -0.191. The maximum Gasteiger partial charge on any atom is 0.260 e. The molecule has 3 aromatic rings. The molecule has 0 saturated carbocycles. The molecule has 0 bridgehead atoms. The van der Waals surface area contributed by atoms with Crippen molar-refractivity contribution in [3.63, 3.8) is 0 Å². The Morgan fingerprint density at radius 3 is 2.88 bits per heavy atom. The Morgan fingerprint density at radius 1 is 1.24 bits per heavy atom. The van der Waals surface area contributed by atoms with Crippen LogP contribution < -0.4 is 0 Å². The molecule has 0 aliphatic carbocycles. The number of hydrogen-bond acceptors (Lipinski definition) is 5. The van der Waals surface area contributed by atoms with Crippen LogP contribution in [0.4, 0.5) is 0 Å². The third-order valence-corrected chi connectivity index (χ3v) is 2.60. The number of aromatic hydroxyl groups is 1. The van der Waals surface area contributed by atoms with Gasteiger partial charge in [-0.1, -0.05) is 6.07 Å². The highest BCUT2D eigenvalue weighted by Crippen LogP contribution is 2.30. The normalized spacial score (nSPS) is 10.9. The molecule has 0 aromatic carbocycles. The van der Waals surface area contributed by atoms with Gasteiger partial charge in [0.1, 0.15) is 11.2 Å². The van der Waals surface area contributed by atoms with Crippen molar-refractivity contribution in [1.82, 2.24) is 15.0 Å². The largest absolute Gasteiger partial charge is 0.491 e. The van der Waals surface area contributed by atoms with Crippen molar-refractivity contribution in [2.75, 3.05) is 0 Å². The average molecular weight is 292 g/mol. The van der Waals surface area contributed by atoms with Gasteiger partial charge in [-0.25, -0.2) is 4.98 Å². The summed E-state index contributed by atoms with van der Waals surface area (Å²) >= 11 is 3.11. The minimum absolute atomic E-state index is 0.191. The first-order valence-electron chi connectivity index (χ1n) is 4.81. The van der Waals surface area contributed by atoms with Crippen LogP contribution in [-0.2, 0) is 0 Å². The quantitative estimate of drug-likeness (QED) is 0.698. The molecule has 84 valence electrons. The van der Waals surface area contributed by atoms with Crippen molar-refractivity contribution in [1.29, 1.82) is 0 Å². The van der Waals surface area contributed by atoms with Crippen LogP contribution in [0.3, 0.4) is 0 Å². The molecular formula is C11H6BrN3O2. The Bertz CT molecular complexity index is 682. The molecule has 3 rings (SSSR count). The lowest BCUT2D eigenvalue weighted by Gasteiger charge is -1.93. The number of fused-ring (bicyclic) bond motifs is 1. The van der Waals surface area contributed by atoms with Gasteiger partial charge >= 0.3 is 0 Å². The SMILES string of the molecule is Oc1nc(Br)nc2cc(-c3ccccn3)oc12. The molecule has 0 radical (unpaired) electrons. The molecule has 0 atom stereocenters. The fourth-order valence-corrected chi connectivity index (χ4v) is 1.88. The van der Waals surface area contributed by atoms with Gasteiger partial charge in [-0.15, -0.1) is 0 Å². The topological polar surface area (TPSA) is 72.0 Å². The summed E-state index contributed by atoms with van der Waals surface area (Å²) in [5.41, 5.74) is 1.47. The molecule has 3 heterocycles. The van der Waals surface area contributed by atoms with Crippen LogP contribution in [0.15, 0.2) is 39.6 Å². The number of pyridine rings is 1. The molecule has 0 aliphatic rings. The summed E-state index contributed by atoms with van der Waals surface area (Å²) < 4.78 is 5.80. The fourth-order valence-electron chi connectivity index (χ4n) is 1.52. The van der Waals surface area contributed by atoms with Gasteiger partial charge in [0.15, 0.2) is 5.76 Å². The Kier molecular flexibility index (Phi) is 2.29. The van der Waals surface area contributed by atoms with Gasteiger partial charge in [-0.2, -0.15) is 4.98 Å². The summed E-state index contributed by atoms with van der Waals surface area (Å²) in [7, 11) is 0. The second-order valence-electron chi connectivity index (χ2n) is 3.36. The van der Waals surface area contributed by atoms with Crippen LogP contribution in [0, 0.1) is 0 Å². The Morgan fingerprint density at radius 2 is 2.12 bits per heavy atom. The van der Waals surface area contributed by atoms with E-state index in [0.717, 1.165) is 0 Å². The highest BCUT2D eigenvalue weighted by atomic mass is 79.9. The van der Waals surface area contributed by atoms with E-state index in [4.69, 9.17) is 4.42 Å². The lowest BCUT2D eigenvalue weighted by Crippen LogP contribution is -1.81. The molecule has 0 unspecified atom stereocenters. The molecular weight excluding hydrogens is 286 g/mol.